The summed E-state index contributed by atoms with van der Waals surface area (Å²) in [6.45, 7) is 0.381. The van der Waals surface area contributed by atoms with E-state index in [0.29, 0.717) is 12.2 Å². The summed E-state index contributed by atoms with van der Waals surface area (Å²) < 4.78 is 5.95. The first-order valence-corrected chi connectivity index (χ1v) is 8.48. The van der Waals surface area contributed by atoms with Gasteiger partial charge in [0.1, 0.15) is 0 Å². The van der Waals surface area contributed by atoms with Crippen molar-refractivity contribution in [3.8, 4) is 5.82 Å². The van der Waals surface area contributed by atoms with Crippen molar-refractivity contribution < 1.29 is 9.42 Å². The van der Waals surface area contributed by atoms with Crippen LogP contribution in [0.1, 0.15) is 21.7 Å². The highest BCUT2D eigenvalue weighted by Crippen LogP contribution is 2.16. The van der Waals surface area contributed by atoms with Gasteiger partial charge < -0.3 is 16.1 Å². The van der Waals surface area contributed by atoms with Gasteiger partial charge in [0.2, 0.25) is 11.6 Å². The van der Waals surface area contributed by atoms with Crippen LogP contribution in [0.5, 0.6) is 0 Å². The fourth-order valence-corrected chi connectivity index (χ4v) is 2.46. The lowest BCUT2D eigenvalue weighted by Gasteiger charge is -2.11. The summed E-state index contributed by atoms with van der Waals surface area (Å²) in [5.74, 6) is -0.208. The minimum Gasteiger partial charge on any atom is -0.378 e. The van der Waals surface area contributed by atoms with E-state index in [1.54, 1.807) is 6.20 Å². The maximum Gasteiger partial charge on any atom is 0.292 e. The molecule has 0 fully saturated rings. The molecule has 11 nitrogen and oxygen atoms in total. The Morgan fingerprint density at radius 1 is 1.29 bits per heavy atom. The van der Waals surface area contributed by atoms with Gasteiger partial charge in [-0.25, -0.2) is 4.63 Å². The second-order valence-corrected chi connectivity index (χ2v) is 6.20. The molecule has 0 aliphatic carbocycles. The number of amides is 1. The lowest BCUT2D eigenvalue weighted by Crippen LogP contribution is -2.35. The minimum absolute atomic E-state index is 0.0545. The first kappa shape index (κ1) is 19.0. The molecule has 1 amide bonds. The third-order valence-electron chi connectivity index (χ3n) is 3.72. The van der Waals surface area contributed by atoms with Crippen LogP contribution in [0.15, 0.2) is 47.2 Å². The second-order valence-electron chi connectivity index (χ2n) is 6.20. The second kappa shape index (κ2) is 8.77. The van der Waals surface area contributed by atoms with E-state index in [0.717, 1.165) is 6.42 Å². The van der Waals surface area contributed by atoms with E-state index in [2.05, 4.69) is 36.1 Å². The van der Waals surface area contributed by atoms with Gasteiger partial charge in [0, 0.05) is 12.7 Å². The molecular formula is C17H21N9O2. The number of nitrogens with zero attached hydrogens (tertiary/aromatic N) is 6. The number of anilines is 1. The number of carbonyl (C=O) groups excluding carboxylic acids is 1. The number of hydrazine groups is 1. The highest BCUT2D eigenvalue weighted by molar-refractivity contribution is 5.93. The predicted molar refractivity (Wildman–Crippen MR) is 101 cm³/mol. The number of nitrogens with one attached hydrogen (secondary N) is 2. The van der Waals surface area contributed by atoms with Gasteiger partial charge in [-0.2, -0.15) is 4.68 Å². The van der Waals surface area contributed by atoms with Gasteiger partial charge in [-0.3, -0.25) is 10.2 Å². The Labute approximate surface area is 161 Å². The highest BCUT2D eigenvalue weighted by Gasteiger charge is 2.24. The van der Waals surface area contributed by atoms with Crippen LogP contribution < -0.4 is 16.6 Å². The molecule has 0 saturated carbocycles. The van der Waals surface area contributed by atoms with Crippen LogP contribution in [0.2, 0.25) is 0 Å². The molecular weight excluding hydrogens is 362 g/mol. The maximum atomic E-state index is 12.5. The van der Waals surface area contributed by atoms with Gasteiger partial charge in [0.15, 0.2) is 5.69 Å². The lowest BCUT2D eigenvalue weighted by molar-refractivity contribution is 0.0934. The average molecular weight is 383 g/mol. The number of carbonyl (C=O) groups is 1. The summed E-state index contributed by atoms with van der Waals surface area (Å²) >= 11 is 0. The molecule has 3 aromatic rings. The Hall–Kier alpha value is -3.73. The van der Waals surface area contributed by atoms with Crippen molar-refractivity contribution in [1.29, 1.82) is 0 Å². The number of rotatable bonds is 8. The molecule has 146 valence electrons. The van der Waals surface area contributed by atoms with Gasteiger partial charge in [-0.1, -0.05) is 41.6 Å². The molecule has 2 heterocycles. The van der Waals surface area contributed by atoms with Crippen molar-refractivity contribution in [2.24, 2.45) is 0 Å². The zero-order chi connectivity index (χ0) is 19.9. The first-order valence-electron chi connectivity index (χ1n) is 8.48. The van der Waals surface area contributed by atoms with Gasteiger partial charge in [-0.05, 0) is 36.4 Å². The first-order chi connectivity index (χ1) is 13.6. The lowest BCUT2D eigenvalue weighted by atomic mass is 10.1. The number of hydrogen-bond acceptors (Lipinski definition) is 9. The molecule has 0 atom stereocenters. The zero-order valence-electron chi connectivity index (χ0n) is 15.5. The van der Waals surface area contributed by atoms with Crippen molar-refractivity contribution in [1.82, 2.24) is 41.1 Å². The quantitative estimate of drug-likeness (QED) is 0.468. The van der Waals surface area contributed by atoms with Gasteiger partial charge in [0.25, 0.3) is 5.91 Å². The monoisotopic (exact) mass is 383 g/mol. The average Bonchev–Trinajstić information content (AvgIpc) is 3.27. The van der Waals surface area contributed by atoms with Crippen molar-refractivity contribution in [2.75, 3.05) is 19.8 Å². The number of hydrogen-bond donors (Lipinski definition) is 3. The van der Waals surface area contributed by atoms with E-state index >= 15 is 0 Å². The van der Waals surface area contributed by atoms with Gasteiger partial charge >= 0.3 is 0 Å². The molecule has 0 saturated heterocycles. The highest BCUT2D eigenvalue weighted by atomic mass is 16.6. The Morgan fingerprint density at radius 2 is 2.07 bits per heavy atom. The molecule has 0 spiro atoms. The molecule has 0 unspecified atom stereocenters. The maximum absolute atomic E-state index is 12.5. The minimum atomic E-state index is -0.442. The molecule has 28 heavy (non-hydrogen) atoms. The summed E-state index contributed by atoms with van der Waals surface area (Å²) in [5.41, 5.74) is 12.9. The molecule has 3 rings (SSSR count). The summed E-state index contributed by atoms with van der Waals surface area (Å²) in [6, 6.07) is 9.97. The largest absolute Gasteiger partial charge is 0.378 e. The third kappa shape index (κ3) is 4.51. The number of nitrogens with two attached hydrogens (primary N) is 1. The topological polar surface area (TPSA) is 140 Å². The van der Waals surface area contributed by atoms with Crippen LogP contribution in [0.4, 0.5) is 5.82 Å². The van der Waals surface area contributed by atoms with E-state index in [4.69, 9.17) is 5.73 Å². The molecule has 1 aromatic carbocycles. The van der Waals surface area contributed by atoms with Crippen LogP contribution in [0.25, 0.3) is 5.82 Å². The SMILES string of the molecule is CN(C)Cc1c(C(=O)NNC=CCc2ccccc2)nnn1-c1nonc1N. The summed E-state index contributed by atoms with van der Waals surface area (Å²) in [6.07, 6.45) is 4.29. The van der Waals surface area contributed by atoms with Crippen molar-refractivity contribution in [3.63, 3.8) is 0 Å². The molecule has 0 aliphatic rings. The van der Waals surface area contributed by atoms with Crippen LogP contribution in [0, 0.1) is 0 Å². The number of aromatic nitrogens is 5. The van der Waals surface area contributed by atoms with E-state index in [1.807, 2.05) is 55.4 Å². The normalized spacial score (nSPS) is 11.2. The van der Waals surface area contributed by atoms with E-state index < -0.39 is 5.91 Å². The Bertz CT molecular complexity index is 947. The summed E-state index contributed by atoms with van der Waals surface area (Å²) in [5, 5.41) is 15.2. The van der Waals surface area contributed by atoms with Crippen molar-refractivity contribution in [2.45, 2.75) is 13.0 Å². The van der Waals surface area contributed by atoms with Crippen LogP contribution in [-0.2, 0) is 13.0 Å². The Balaban J connectivity index is 1.67. The van der Waals surface area contributed by atoms with E-state index in [1.165, 1.54) is 10.2 Å². The fraction of sp³-hybridized carbons (Fsp3) is 0.235. The molecule has 4 N–H and O–H groups in total. The van der Waals surface area contributed by atoms with Crippen LogP contribution in [0.3, 0.4) is 0 Å². The molecule has 0 aliphatic heterocycles. The Kier molecular flexibility index (Phi) is 5.97. The predicted octanol–water partition coefficient (Wildman–Crippen LogP) is 0.285. The zero-order valence-corrected chi connectivity index (χ0v) is 15.5. The summed E-state index contributed by atoms with van der Waals surface area (Å²) in [4.78, 5) is 14.4. The van der Waals surface area contributed by atoms with Crippen LogP contribution in [-0.4, -0.2) is 50.2 Å². The summed E-state index contributed by atoms with van der Waals surface area (Å²) in [7, 11) is 3.71. The van der Waals surface area contributed by atoms with Crippen molar-refractivity contribution >= 4 is 11.7 Å². The third-order valence-corrected chi connectivity index (χ3v) is 3.72. The number of nitrogen functional groups attached to an aromatic ring is 1. The molecule has 0 radical (unpaired) electrons. The molecule has 0 bridgehead atoms. The number of benzene rings is 1. The molecule has 2 aromatic heterocycles. The Morgan fingerprint density at radius 3 is 2.75 bits per heavy atom. The smallest absolute Gasteiger partial charge is 0.292 e. The fourth-order valence-electron chi connectivity index (χ4n) is 2.46. The molecule has 11 heteroatoms. The van der Waals surface area contributed by atoms with Crippen LogP contribution >= 0.6 is 0 Å². The standard InChI is InChI=1S/C17H21N9O2/c1-25(2)11-13-14(20-24-26(13)16-15(18)22-28-23-16)17(27)21-19-10-6-9-12-7-4-3-5-8-12/h3-8,10,19H,9,11H2,1-2H3,(H2,18,22)(H,21,27). The van der Waals surface area contributed by atoms with E-state index in [-0.39, 0.29) is 17.3 Å². The van der Waals surface area contributed by atoms with Crippen molar-refractivity contribution in [3.05, 3.63) is 59.6 Å². The van der Waals surface area contributed by atoms with Gasteiger partial charge in [-0.15, -0.1) is 5.10 Å². The van der Waals surface area contributed by atoms with Gasteiger partial charge in [0.05, 0.1) is 5.69 Å². The van der Waals surface area contributed by atoms with E-state index in [9.17, 15) is 4.79 Å². The number of allylic oxidation sites excluding steroid dienone is 1.